The number of carbonyl (C=O) groups is 1. The van der Waals surface area contributed by atoms with Gasteiger partial charge in [0.2, 0.25) is 0 Å². The highest BCUT2D eigenvalue weighted by atomic mass is 35.5. The van der Waals surface area contributed by atoms with Crippen molar-refractivity contribution in [1.29, 1.82) is 0 Å². The molecule has 8 heteroatoms. The molecule has 0 unspecified atom stereocenters. The van der Waals surface area contributed by atoms with E-state index >= 15 is 0 Å². The second kappa shape index (κ2) is 13.8. The average Bonchev–Trinajstić information content (AvgIpc) is 2.12. The van der Waals surface area contributed by atoms with Crippen LogP contribution in [0.3, 0.4) is 0 Å². The first-order valence-corrected chi connectivity index (χ1v) is 4.40. The first-order chi connectivity index (χ1) is 6.22. The Hall–Kier alpha value is -0.750. The Bertz CT molecular complexity index is 126. The van der Waals surface area contributed by atoms with Crippen LogP contribution in [0.1, 0.15) is 0 Å². The first kappa shape index (κ1) is 14.8. The Labute approximate surface area is 85.5 Å². The molecule has 2 amide bonds. The largest absolute Gasteiger partial charge is 0.379 e. The van der Waals surface area contributed by atoms with Gasteiger partial charge >= 0.3 is 6.03 Å². The topological polar surface area (TPSA) is 90.8 Å². The minimum absolute atomic E-state index is 0.221. The third-order valence-corrected chi connectivity index (χ3v) is 1.14. The Kier molecular flexibility index (Phi) is 15.7. The van der Waals surface area contributed by atoms with Crippen molar-refractivity contribution in [3.05, 3.63) is 4.91 Å². The van der Waals surface area contributed by atoms with E-state index in [-0.39, 0.29) is 6.03 Å². The van der Waals surface area contributed by atoms with Crippen LogP contribution in [0.2, 0.25) is 0 Å². The van der Waals surface area contributed by atoms with E-state index in [0.717, 1.165) is 0 Å². The highest BCUT2D eigenvalue weighted by molar-refractivity contribution is 6.18. The molecule has 0 saturated carbocycles. The van der Waals surface area contributed by atoms with Gasteiger partial charge in [0, 0.05) is 24.8 Å². The van der Waals surface area contributed by atoms with E-state index in [0.29, 0.717) is 24.8 Å². The van der Waals surface area contributed by atoms with Crippen molar-refractivity contribution < 1.29 is 10.0 Å². The summed E-state index contributed by atoms with van der Waals surface area (Å²) in [4.78, 5) is 18.7. The number of rotatable bonds is 4. The first-order valence-electron chi connectivity index (χ1n) is 3.33. The van der Waals surface area contributed by atoms with Gasteiger partial charge in [-0.2, -0.15) is 0 Å². The SMILES string of the molecule is O=C(NCCCl)NCCCl.O=NO. The summed E-state index contributed by atoms with van der Waals surface area (Å²) in [6.45, 7) is 0.964. The summed E-state index contributed by atoms with van der Waals surface area (Å²) >= 11 is 10.6. The van der Waals surface area contributed by atoms with E-state index in [9.17, 15) is 4.79 Å². The average molecular weight is 232 g/mol. The molecule has 3 N–H and O–H groups in total. The number of halogens is 2. The van der Waals surface area contributed by atoms with Gasteiger partial charge in [0.25, 0.3) is 0 Å². The lowest BCUT2D eigenvalue weighted by molar-refractivity contribution is 0.242. The number of hydrogen-bond acceptors (Lipinski definition) is 3. The quantitative estimate of drug-likeness (QED) is 0.382. The second-order valence-electron chi connectivity index (χ2n) is 1.64. The van der Waals surface area contributed by atoms with E-state index in [1.165, 1.54) is 5.34 Å². The van der Waals surface area contributed by atoms with Crippen LogP contribution < -0.4 is 10.6 Å². The predicted molar refractivity (Wildman–Crippen MR) is 50.4 cm³/mol. The summed E-state index contributed by atoms with van der Waals surface area (Å²) in [6, 6.07) is -0.221. The number of nitrogens with one attached hydrogen (secondary N) is 2. The van der Waals surface area contributed by atoms with Crippen LogP contribution in [0.25, 0.3) is 0 Å². The van der Waals surface area contributed by atoms with Gasteiger partial charge in [0.15, 0.2) is 5.34 Å². The molecule has 0 saturated heterocycles. The van der Waals surface area contributed by atoms with E-state index < -0.39 is 0 Å². The molecule has 13 heavy (non-hydrogen) atoms. The number of carbonyl (C=O) groups excluding carboxylic acids is 1. The molecule has 0 fully saturated rings. The summed E-state index contributed by atoms with van der Waals surface area (Å²) in [5, 5.41) is 12.9. The van der Waals surface area contributed by atoms with Crippen LogP contribution in [0.15, 0.2) is 5.34 Å². The van der Waals surface area contributed by atoms with E-state index in [4.69, 9.17) is 33.3 Å². The monoisotopic (exact) mass is 231 g/mol. The lowest BCUT2D eigenvalue weighted by Gasteiger charge is -2.02. The lowest BCUT2D eigenvalue weighted by atomic mass is 10.7. The number of amides is 2. The molecule has 0 aliphatic heterocycles. The molecule has 0 spiro atoms. The fourth-order valence-corrected chi connectivity index (χ4v) is 0.573. The molecule has 0 atom stereocenters. The van der Waals surface area contributed by atoms with Crippen LogP contribution in [0.4, 0.5) is 4.79 Å². The predicted octanol–water partition coefficient (Wildman–Crippen LogP) is 0.905. The maximum Gasteiger partial charge on any atom is 0.314 e. The molecule has 0 aromatic carbocycles. The van der Waals surface area contributed by atoms with Gasteiger partial charge in [-0.1, -0.05) is 0 Å². The molecule has 0 radical (unpaired) electrons. The van der Waals surface area contributed by atoms with Crippen LogP contribution in [-0.4, -0.2) is 36.1 Å². The van der Waals surface area contributed by atoms with Gasteiger partial charge < -0.3 is 15.8 Å². The molecule has 0 rings (SSSR count). The van der Waals surface area contributed by atoms with E-state index in [2.05, 4.69) is 10.6 Å². The molecule has 78 valence electrons. The molecular weight excluding hydrogens is 221 g/mol. The van der Waals surface area contributed by atoms with Crippen molar-refractivity contribution in [3.63, 3.8) is 0 Å². The van der Waals surface area contributed by atoms with E-state index in [1.54, 1.807) is 0 Å². The number of nitrogens with zero attached hydrogens (tertiary/aromatic N) is 1. The van der Waals surface area contributed by atoms with Crippen molar-refractivity contribution in [3.8, 4) is 0 Å². The minimum Gasteiger partial charge on any atom is -0.379 e. The fourth-order valence-electron chi connectivity index (χ4n) is 0.384. The maximum absolute atomic E-state index is 10.6. The van der Waals surface area contributed by atoms with Crippen molar-refractivity contribution >= 4 is 29.2 Å². The van der Waals surface area contributed by atoms with Gasteiger partial charge in [0.05, 0.1) is 0 Å². The maximum atomic E-state index is 10.6. The van der Waals surface area contributed by atoms with Crippen molar-refractivity contribution in [1.82, 2.24) is 10.6 Å². The molecule has 0 aliphatic rings. The zero-order valence-corrected chi connectivity index (χ0v) is 8.31. The summed E-state index contributed by atoms with van der Waals surface area (Å²) in [6.07, 6.45) is 0. The molecule has 0 aromatic heterocycles. The van der Waals surface area contributed by atoms with Gasteiger partial charge in [-0.25, -0.2) is 4.79 Å². The van der Waals surface area contributed by atoms with E-state index in [1.807, 2.05) is 0 Å². The third kappa shape index (κ3) is 18.3. The molecule has 0 aromatic rings. The van der Waals surface area contributed by atoms with Gasteiger partial charge in [0.1, 0.15) is 0 Å². The molecule has 0 aliphatic carbocycles. The third-order valence-electron chi connectivity index (χ3n) is 0.760. The van der Waals surface area contributed by atoms with Gasteiger partial charge in [-0.05, 0) is 0 Å². The Morgan fingerprint density at radius 1 is 1.23 bits per heavy atom. The minimum atomic E-state index is -0.221. The Morgan fingerprint density at radius 2 is 1.54 bits per heavy atom. The summed E-state index contributed by atoms with van der Waals surface area (Å²) in [7, 11) is 0. The van der Waals surface area contributed by atoms with Crippen LogP contribution in [0, 0.1) is 4.91 Å². The zero-order valence-electron chi connectivity index (χ0n) is 6.80. The van der Waals surface area contributed by atoms with Crippen molar-refractivity contribution in [2.45, 2.75) is 0 Å². The summed E-state index contributed by atoms with van der Waals surface area (Å²) in [5.74, 6) is 0.850. The fraction of sp³-hybridized carbons (Fsp3) is 0.800. The highest BCUT2D eigenvalue weighted by Crippen LogP contribution is 1.72. The summed E-state index contributed by atoms with van der Waals surface area (Å²) in [5.41, 5.74) is 0. The normalized spacial score (nSPS) is 7.85. The molecular formula is C5H11Cl2N3O3. The molecule has 0 bridgehead atoms. The second-order valence-corrected chi connectivity index (χ2v) is 2.40. The molecule has 6 nitrogen and oxygen atoms in total. The Morgan fingerprint density at radius 3 is 1.77 bits per heavy atom. The van der Waals surface area contributed by atoms with Crippen LogP contribution in [-0.2, 0) is 0 Å². The number of alkyl halides is 2. The number of urea groups is 1. The van der Waals surface area contributed by atoms with Crippen LogP contribution >= 0.6 is 23.2 Å². The smallest absolute Gasteiger partial charge is 0.314 e. The molecule has 0 heterocycles. The standard InChI is InChI=1S/C5H10Cl2N2O.HNO2/c6-1-3-8-5(10)9-4-2-7;2-1-3/h1-4H2,(H2,8,9,10);(H,2,3). The highest BCUT2D eigenvalue weighted by Gasteiger charge is 1.94. The summed E-state index contributed by atoms with van der Waals surface area (Å²) < 4.78 is 0. The number of hydrogen-bond donors (Lipinski definition) is 3. The van der Waals surface area contributed by atoms with Gasteiger partial charge in [-0.15, -0.1) is 28.1 Å². The Balaban J connectivity index is 0. The van der Waals surface area contributed by atoms with Gasteiger partial charge in [-0.3, -0.25) is 0 Å². The lowest BCUT2D eigenvalue weighted by Crippen LogP contribution is -2.37. The van der Waals surface area contributed by atoms with Crippen LogP contribution in [0.5, 0.6) is 0 Å². The van der Waals surface area contributed by atoms with Crippen molar-refractivity contribution in [2.24, 2.45) is 5.34 Å². The van der Waals surface area contributed by atoms with Crippen molar-refractivity contribution in [2.75, 3.05) is 24.8 Å². The zero-order chi connectivity index (χ0) is 10.5.